The number of carbonyl (C=O) groups excluding carboxylic acids is 1. The van der Waals surface area contributed by atoms with Crippen molar-refractivity contribution in [1.82, 2.24) is 9.88 Å². The maximum absolute atomic E-state index is 12.3. The lowest BCUT2D eigenvalue weighted by molar-refractivity contribution is -0.121. The highest BCUT2D eigenvalue weighted by atomic mass is 32.1. The summed E-state index contributed by atoms with van der Waals surface area (Å²) in [6.45, 7) is 6.68. The number of hydrogen-bond donors (Lipinski definition) is 1. The van der Waals surface area contributed by atoms with Gasteiger partial charge in [0.05, 0.1) is 17.7 Å². The van der Waals surface area contributed by atoms with Crippen LogP contribution < -0.4 is 5.32 Å². The van der Waals surface area contributed by atoms with Crippen molar-refractivity contribution in [3.63, 3.8) is 0 Å². The minimum absolute atomic E-state index is 0.00356. The molecule has 2 rings (SSSR count). The van der Waals surface area contributed by atoms with E-state index in [0.29, 0.717) is 17.5 Å². The van der Waals surface area contributed by atoms with Gasteiger partial charge in [-0.25, -0.2) is 4.98 Å². The molecule has 0 aliphatic carbocycles. The first-order chi connectivity index (χ1) is 10.1. The van der Waals surface area contributed by atoms with Gasteiger partial charge in [0.2, 0.25) is 5.91 Å². The third kappa shape index (κ3) is 4.51. The summed E-state index contributed by atoms with van der Waals surface area (Å²) < 4.78 is 0. The Bertz CT molecular complexity index is 520. The minimum atomic E-state index is 0.00356. The zero-order valence-electron chi connectivity index (χ0n) is 12.6. The van der Waals surface area contributed by atoms with E-state index < -0.39 is 0 Å². The summed E-state index contributed by atoms with van der Waals surface area (Å²) in [5.74, 6) is 0.438. The SMILES string of the molecule is CC(C)c1csc(NC(=O)C2CCCN(CCC#N)C2)n1. The fraction of sp³-hybridized carbons (Fsp3) is 0.667. The molecule has 1 aliphatic rings. The summed E-state index contributed by atoms with van der Waals surface area (Å²) >= 11 is 1.49. The number of piperidine rings is 1. The second-order valence-electron chi connectivity index (χ2n) is 5.77. The van der Waals surface area contributed by atoms with Crippen LogP contribution in [0, 0.1) is 17.2 Å². The van der Waals surface area contributed by atoms with Crippen molar-refractivity contribution in [3.8, 4) is 6.07 Å². The van der Waals surface area contributed by atoms with Crippen LogP contribution in [0.5, 0.6) is 0 Å². The van der Waals surface area contributed by atoms with Crippen LogP contribution in [-0.4, -0.2) is 35.4 Å². The summed E-state index contributed by atoms with van der Waals surface area (Å²) in [7, 11) is 0. The Balaban J connectivity index is 1.88. The molecule has 21 heavy (non-hydrogen) atoms. The molecular formula is C15H22N4OS. The predicted octanol–water partition coefficient (Wildman–Crippen LogP) is 2.83. The van der Waals surface area contributed by atoms with Gasteiger partial charge in [-0.1, -0.05) is 13.8 Å². The number of aromatic nitrogens is 1. The maximum Gasteiger partial charge on any atom is 0.230 e. The topological polar surface area (TPSA) is 69.0 Å². The molecule has 1 amide bonds. The van der Waals surface area contributed by atoms with E-state index in [1.165, 1.54) is 11.3 Å². The van der Waals surface area contributed by atoms with Crippen molar-refractivity contribution < 1.29 is 4.79 Å². The largest absolute Gasteiger partial charge is 0.302 e. The number of amides is 1. The van der Waals surface area contributed by atoms with Crippen LogP contribution in [-0.2, 0) is 4.79 Å². The molecule has 0 saturated carbocycles. The van der Waals surface area contributed by atoms with Crippen molar-refractivity contribution in [2.45, 2.75) is 39.0 Å². The quantitative estimate of drug-likeness (QED) is 0.908. The van der Waals surface area contributed by atoms with Crippen LogP contribution in [0.2, 0.25) is 0 Å². The lowest BCUT2D eigenvalue weighted by Crippen LogP contribution is -2.41. The average molecular weight is 306 g/mol. The molecule has 1 aliphatic heterocycles. The molecule has 1 aromatic heterocycles. The van der Waals surface area contributed by atoms with Crippen LogP contribution in [0.4, 0.5) is 5.13 Å². The molecule has 0 spiro atoms. The first kappa shape index (κ1) is 15.9. The monoisotopic (exact) mass is 306 g/mol. The standard InChI is InChI=1S/C15H22N4OS/c1-11(2)13-10-21-15(17-13)18-14(20)12-5-3-7-19(9-12)8-4-6-16/h10-12H,3-5,7-9H2,1-2H3,(H,17,18,20). The number of likely N-dealkylation sites (tertiary alicyclic amines) is 1. The van der Waals surface area contributed by atoms with Crippen LogP contribution in [0.1, 0.15) is 44.7 Å². The van der Waals surface area contributed by atoms with Crippen molar-refractivity contribution in [3.05, 3.63) is 11.1 Å². The van der Waals surface area contributed by atoms with E-state index in [-0.39, 0.29) is 11.8 Å². The van der Waals surface area contributed by atoms with Gasteiger partial charge in [0.15, 0.2) is 5.13 Å². The Labute approximate surface area is 130 Å². The lowest BCUT2D eigenvalue weighted by Gasteiger charge is -2.31. The smallest absolute Gasteiger partial charge is 0.230 e. The number of hydrogen-bond acceptors (Lipinski definition) is 5. The fourth-order valence-corrected chi connectivity index (χ4v) is 3.37. The normalized spacial score (nSPS) is 19.4. The van der Waals surface area contributed by atoms with Gasteiger partial charge in [-0.05, 0) is 25.3 Å². The Hall–Kier alpha value is -1.45. The molecule has 0 bridgehead atoms. The summed E-state index contributed by atoms with van der Waals surface area (Å²) in [6.07, 6.45) is 2.45. The number of nitrogens with one attached hydrogen (secondary N) is 1. The number of thiazole rings is 1. The van der Waals surface area contributed by atoms with Crippen LogP contribution in [0.3, 0.4) is 0 Å². The van der Waals surface area contributed by atoms with E-state index in [2.05, 4.69) is 35.1 Å². The van der Waals surface area contributed by atoms with E-state index in [9.17, 15) is 4.79 Å². The average Bonchev–Trinajstić information content (AvgIpc) is 2.94. The molecule has 0 radical (unpaired) electrons. The van der Waals surface area contributed by atoms with E-state index in [1.807, 2.05) is 5.38 Å². The van der Waals surface area contributed by atoms with Crippen molar-refractivity contribution >= 4 is 22.4 Å². The Morgan fingerprint density at radius 2 is 2.48 bits per heavy atom. The number of nitriles is 1. The number of nitrogens with zero attached hydrogens (tertiary/aromatic N) is 3. The number of anilines is 1. The van der Waals surface area contributed by atoms with Gasteiger partial charge in [0, 0.05) is 24.9 Å². The molecular weight excluding hydrogens is 284 g/mol. The molecule has 1 fully saturated rings. The summed E-state index contributed by atoms with van der Waals surface area (Å²) in [4.78, 5) is 19.0. The van der Waals surface area contributed by atoms with Gasteiger partial charge >= 0.3 is 0 Å². The third-order valence-corrected chi connectivity index (χ3v) is 4.54. The highest BCUT2D eigenvalue weighted by Gasteiger charge is 2.26. The maximum atomic E-state index is 12.3. The first-order valence-electron chi connectivity index (χ1n) is 7.45. The van der Waals surface area contributed by atoms with E-state index in [0.717, 1.165) is 38.2 Å². The van der Waals surface area contributed by atoms with Crippen LogP contribution in [0.15, 0.2) is 5.38 Å². The van der Waals surface area contributed by atoms with Gasteiger partial charge in [0.25, 0.3) is 0 Å². The highest BCUT2D eigenvalue weighted by Crippen LogP contribution is 2.23. The van der Waals surface area contributed by atoms with Gasteiger partial charge in [-0.2, -0.15) is 5.26 Å². The Kier molecular flexibility index (Phi) is 5.71. The number of carbonyl (C=O) groups is 1. The molecule has 1 atom stereocenters. The third-order valence-electron chi connectivity index (χ3n) is 3.76. The molecule has 5 nitrogen and oxygen atoms in total. The minimum Gasteiger partial charge on any atom is -0.302 e. The van der Waals surface area contributed by atoms with Gasteiger partial charge in [-0.15, -0.1) is 11.3 Å². The Morgan fingerprint density at radius 3 is 3.14 bits per heavy atom. The second kappa shape index (κ2) is 7.53. The first-order valence-corrected chi connectivity index (χ1v) is 8.33. The number of rotatable bonds is 5. The molecule has 1 N–H and O–H groups in total. The molecule has 0 aromatic carbocycles. The Morgan fingerprint density at radius 1 is 1.67 bits per heavy atom. The molecule has 2 heterocycles. The molecule has 6 heteroatoms. The van der Waals surface area contributed by atoms with Gasteiger partial charge in [0.1, 0.15) is 0 Å². The van der Waals surface area contributed by atoms with E-state index in [1.54, 1.807) is 0 Å². The molecule has 1 aromatic rings. The zero-order chi connectivity index (χ0) is 15.2. The fourth-order valence-electron chi connectivity index (χ4n) is 2.50. The van der Waals surface area contributed by atoms with Crippen molar-refractivity contribution in [1.29, 1.82) is 5.26 Å². The second-order valence-corrected chi connectivity index (χ2v) is 6.63. The summed E-state index contributed by atoms with van der Waals surface area (Å²) in [6, 6.07) is 2.16. The molecule has 1 unspecified atom stereocenters. The highest BCUT2D eigenvalue weighted by molar-refractivity contribution is 7.13. The lowest BCUT2D eigenvalue weighted by atomic mass is 9.97. The molecule has 1 saturated heterocycles. The van der Waals surface area contributed by atoms with E-state index in [4.69, 9.17) is 5.26 Å². The van der Waals surface area contributed by atoms with Crippen molar-refractivity contribution in [2.24, 2.45) is 5.92 Å². The zero-order valence-corrected chi connectivity index (χ0v) is 13.4. The van der Waals surface area contributed by atoms with Crippen molar-refractivity contribution in [2.75, 3.05) is 25.0 Å². The van der Waals surface area contributed by atoms with Gasteiger partial charge in [-0.3, -0.25) is 4.79 Å². The molecule has 114 valence electrons. The predicted molar refractivity (Wildman–Crippen MR) is 84.2 cm³/mol. The van der Waals surface area contributed by atoms with Crippen LogP contribution in [0.25, 0.3) is 0 Å². The van der Waals surface area contributed by atoms with Gasteiger partial charge < -0.3 is 10.2 Å². The summed E-state index contributed by atoms with van der Waals surface area (Å²) in [5, 5.41) is 14.3. The van der Waals surface area contributed by atoms with Crippen LogP contribution >= 0.6 is 11.3 Å². The summed E-state index contributed by atoms with van der Waals surface area (Å²) in [5.41, 5.74) is 1.02. The van der Waals surface area contributed by atoms with E-state index >= 15 is 0 Å².